The van der Waals surface area contributed by atoms with Crippen LogP contribution in [0.2, 0.25) is 0 Å². The summed E-state index contributed by atoms with van der Waals surface area (Å²) < 4.78 is 171. The second-order valence-corrected chi connectivity index (χ2v) is 13.5. The number of hydrogen-bond donors (Lipinski definition) is 5. The monoisotopic (exact) mass is 922 g/mol. The Morgan fingerprint density at radius 2 is 0.869 bits per heavy atom. The van der Waals surface area contributed by atoms with Gasteiger partial charge in [0.15, 0.2) is 0 Å². The SMILES string of the molecule is COC(=O)c1ccccc1S(=O)(=O)NC(=O)Nc1nc(OC(F)F)cc(OC(F)F)n1.O=C(Nc1nc(OC(F)F)cc(OC(F)F)n1)NS(=O)(=O)c1ccccc1C(=O)O. The van der Waals surface area contributed by atoms with Crippen molar-refractivity contribution in [2.45, 2.75) is 36.2 Å². The third-order valence-corrected chi connectivity index (χ3v) is 8.87. The topological polar surface area (TPSA) is 303 Å². The van der Waals surface area contributed by atoms with E-state index in [1.807, 2.05) is 0 Å². The molecule has 0 spiro atoms. The second kappa shape index (κ2) is 21.0. The van der Waals surface area contributed by atoms with E-state index < -0.39 is 121 Å². The highest BCUT2D eigenvalue weighted by Gasteiger charge is 2.27. The number of nitrogens with zero attached hydrogens (tertiary/aromatic N) is 4. The van der Waals surface area contributed by atoms with Gasteiger partial charge in [0.05, 0.1) is 30.4 Å². The molecule has 330 valence electrons. The number of amides is 4. The first-order valence-electron chi connectivity index (χ1n) is 15.2. The van der Waals surface area contributed by atoms with Crippen molar-refractivity contribution in [3.63, 3.8) is 0 Å². The van der Waals surface area contributed by atoms with Gasteiger partial charge in [0.2, 0.25) is 35.4 Å². The zero-order valence-electron chi connectivity index (χ0n) is 29.5. The Hall–Kier alpha value is -7.38. The maximum atomic E-state index is 12.4. The van der Waals surface area contributed by atoms with Gasteiger partial charge in [-0.25, -0.2) is 45.5 Å². The number of esters is 1. The molecule has 5 N–H and O–H groups in total. The minimum absolute atomic E-state index is 0.387. The average Bonchev–Trinajstić information content (AvgIpc) is 3.13. The van der Waals surface area contributed by atoms with E-state index in [4.69, 9.17) is 5.11 Å². The molecule has 4 rings (SSSR count). The number of hydrogen-bond acceptors (Lipinski definition) is 17. The van der Waals surface area contributed by atoms with Gasteiger partial charge in [0, 0.05) is 0 Å². The predicted molar refractivity (Wildman–Crippen MR) is 180 cm³/mol. The van der Waals surface area contributed by atoms with Crippen molar-refractivity contribution >= 4 is 55.9 Å². The number of anilines is 2. The molecule has 0 aliphatic rings. The van der Waals surface area contributed by atoms with Gasteiger partial charge in [0.1, 0.15) is 9.79 Å². The highest BCUT2D eigenvalue weighted by molar-refractivity contribution is 7.90. The second-order valence-electron chi connectivity index (χ2n) is 10.2. The molecule has 0 aliphatic heterocycles. The Kier molecular flexibility index (Phi) is 16.6. The third-order valence-electron chi connectivity index (χ3n) is 6.09. The van der Waals surface area contributed by atoms with Crippen molar-refractivity contribution in [2.75, 3.05) is 17.7 Å². The van der Waals surface area contributed by atoms with Crippen LogP contribution in [0.15, 0.2) is 70.5 Å². The summed E-state index contributed by atoms with van der Waals surface area (Å²) in [5, 5.41) is 12.5. The number of aromatic nitrogens is 4. The molecule has 0 saturated heterocycles. The van der Waals surface area contributed by atoms with Crippen molar-refractivity contribution in [2.24, 2.45) is 0 Å². The molecule has 2 aromatic heterocycles. The number of halogens is 8. The van der Waals surface area contributed by atoms with Crippen molar-refractivity contribution in [1.82, 2.24) is 29.4 Å². The summed E-state index contributed by atoms with van der Waals surface area (Å²) in [4.78, 5) is 58.6. The molecular formula is C29H22F8N8O14S2. The van der Waals surface area contributed by atoms with Gasteiger partial charge in [-0.3, -0.25) is 10.6 Å². The van der Waals surface area contributed by atoms with Crippen LogP contribution in [0.25, 0.3) is 0 Å². The molecule has 22 nitrogen and oxygen atoms in total. The summed E-state index contributed by atoms with van der Waals surface area (Å²) in [6, 6.07) is 6.94. The summed E-state index contributed by atoms with van der Waals surface area (Å²) >= 11 is 0. The van der Waals surface area contributed by atoms with Crippen molar-refractivity contribution < 1.29 is 99.9 Å². The molecule has 32 heteroatoms. The third kappa shape index (κ3) is 15.1. The lowest BCUT2D eigenvalue weighted by Crippen LogP contribution is -2.35. The maximum Gasteiger partial charge on any atom is 0.388 e. The molecule has 0 fully saturated rings. The van der Waals surface area contributed by atoms with Crippen molar-refractivity contribution in [3.05, 3.63) is 71.8 Å². The van der Waals surface area contributed by atoms with Gasteiger partial charge in [-0.1, -0.05) is 24.3 Å². The lowest BCUT2D eigenvalue weighted by molar-refractivity contribution is -0.0594. The molecule has 0 bridgehead atoms. The van der Waals surface area contributed by atoms with Crippen LogP contribution >= 0.6 is 0 Å². The molecule has 0 atom stereocenters. The number of urea groups is 2. The standard InChI is InChI=1S/C15H12F4N4O7S.C14H10F4N4O7S/c1-28-11(24)7-4-2-3-5-8(7)31(26,27)23-15(25)22-14-20-9(29-12(16)17)6-10(21-14)30-13(18)19;15-11(16)28-8-5-9(29-12(17)18)20-13(19-8)21-14(25)22-30(26,27)7-4-2-1-3-6(7)10(23)24/h2-6,12-13H,1H3,(H2,20,21,22,23,25);1-5,11-12H,(H,23,24)(H2,19,20,21,22,25). The highest BCUT2D eigenvalue weighted by atomic mass is 32.2. The number of carboxylic acids is 1. The van der Waals surface area contributed by atoms with Crippen molar-refractivity contribution in [1.29, 1.82) is 0 Å². The van der Waals surface area contributed by atoms with Crippen LogP contribution in [0.1, 0.15) is 20.7 Å². The largest absolute Gasteiger partial charge is 0.478 e. The van der Waals surface area contributed by atoms with E-state index >= 15 is 0 Å². The minimum Gasteiger partial charge on any atom is -0.478 e. The fraction of sp³-hybridized carbons (Fsp3) is 0.172. The summed E-state index contributed by atoms with van der Waals surface area (Å²) in [5.74, 6) is -8.26. The molecule has 0 unspecified atom stereocenters. The first-order valence-corrected chi connectivity index (χ1v) is 18.2. The van der Waals surface area contributed by atoms with Crippen LogP contribution in [-0.2, 0) is 24.8 Å². The number of carboxylic acid groups (broad SMARTS) is 1. The Morgan fingerprint density at radius 3 is 1.18 bits per heavy atom. The van der Waals surface area contributed by atoms with Crippen LogP contribution in [0.5, 0.6) is 23.5 Å². The van der Waals surface area contributed by atoms with Crippen LogP contribution in [0, 0.1) is 0 Å². The van der Waals surface area contributed by atoms with Gasteiger partial charge in [-0.2, -0.15) is 55.1 Å². The van der Waals surface area contributed by atoms with Gasteiger partial charge in [-0.05, 0) is 24.3 Å². The van der Waals surface area contributed by atoms with E-state index in [9.17, 15) is 71.1 Å². The van der Waals surface area contributed by atoms with Crippen LogP contribution in [0.4, 0.5) is 56.6 Å². The number of rotatable bonds is 16. The fourth-order valence-electron chi connectivity index (χ4n) is 3.99. The number of nitrogens with one attached hydrogen (secondary N) is 4. The van der Waals surface area contributed by atoms with Gasteiger partial charge >= 0.3 is 50.4 Å². The molecule has 0 aliphatic carbocycles. The zero-order valence-corrected chi connectivity index (χ0v) is 31.1. The molecule has 61 heavy (non-hydrogen) atoms. The maximum absolute atomic E-state index is 12.4. The van der Waals surface area contributed by atoms with Gasteiger partial charge in [-0.15, -0.1) is 0 Å². The average molecular weight is 923 g/mol. The zero-order chi connectivity index (χ0) is 45.7. The van der Waals surface area contributed by atoms with Crippen molar-refractivity contribution in [3.8, 4) is 23.5 Å². The first-order chi connectivity index (χ1) is 28.5. The lowest BCUT2D eigenvalue weighted by Gasteiger charge is -2.12. The predicted octanol–water partition coefficient (Wildman–Crippen LogP) is 3.86. The summed E-state index contributed by atoms with van der Waals surface area (Å²) in [7, 11) is -8.35. The molecular weight excluding hydrogens is 900 g/mol. The number of ether oxygens (including phenoxy) is 5. The Labute approximate surface area is 334 Å². The molecule has 0 saturated carbocycles. The Bertz CT molecular complexity index is 2400. The minimum atomic E-state index is -4.71. The number of alkyl halides is 8. The summed E-state index contributed by atoms with van der Waals surface area (Å²) in [6.07, 6.45) is 0. The number of carbonyl (C=O) groups is 4. The molecule has 4 aromatic rings. The highest BCUT2D eigenvalue weighted by Crippen LogP contribution is 2.24. The van der Waals surface area contributed by atoms with E-state index in [2.05, 4.69) is 43.6 Å². The van der Waals surface area contributed by atoms with Gasteiger partial charge < -0.3 is 28.8 Å². The number of benzene rings is 2. The lowest BCUT2D eigenvalue weighted by atomic mass is 10.2. The van der Waals surface area contributed by atoms with E-state index in [-0.39, 0.29) is 5.56 Å². The van der Waals surface area contributed by atoms with Crippen LogP contribution < -0.4 is 39.0 Å². The molecule has 4 amide bonds. The number of methoxy groups -OCH3 is 1. The molecule has 2 aromatic carbocycles. The number of sulfonamides is 2. The first kappa shape index (κ1) is 48.0. The van der Waals surface area contributed by atoms with Gasteiger partial charge in [0.25, 0.3) is 20.0 Å². The smallest absolute Gasteiger partial charge is 0.388 e. The number of carbonyl (C=O) groups excluding carboxylic acids is 3. The normalized spacial score (nSPS) is 11.2. The van der Waals surface area contributed by atoms with Crippen LogP contribution in [-0.4, -0.2) is 99.4 Å². The Morgan fingerprint density at radius 1 is 0.557 bits per heavy atom. The summed E-state index contributed by atoms with van der Waals surface area (Å²) in [6.45, 7) is -13.6. The van der Waals surface area contributed by atoms with E-state index in [0.717, 1.165) is 31.4 Å². The van der Waals surface area contributed by atoms with E-state index in [1.165, 1.54) is 33.7 Å². The Balaban J connectivity index is 0.000000325. The number of aromatic carboxylic acids is 1. The molecule has 0 radical (unpaired) electrons. The van der Waals surface area contributed by atoms with E-state index in [1.54, 1.807) is 10.6 Å². The molecule has 2 heterocycles. The summed E-state index contributed by atoms with van der Waals surface area (Å²) in [5.41, 5.74) is -1.03. The fourth-order valence-corrected chi connectivity index (χ4v) is 6.20. The quantitative estimate of drug-likeness (QED) is 0.0787. The van der Waals surface area contributed by atoms with Crippen LogP contribution in [0.3, 0.4) is 0 Å². The van der Waals surface area contributed by atoms with E-state index in [0.29, 0.717) is 12.1 Å².